The molecule has 1 saturated heterocycles. The molecule has 0 spiro atoms. The van der Waals surface area contributed by atoms with Gasteiger partial charge in [-0.15, -0.1) is 5.10 Å². The van der Waals surface area contributed by atoms with E-state index in [2.05, 4.69) is 25.2 Å². The Morgan fingerprint density at radius 3 is 2.81 bits per heavy atom. The van der Waals surface area contributed by atoms with Gasteiger partial charge in [0.25, 0.3) is 5.56 Å². The predicted molar refractivity (Wildman–Crippen MR) is 97.5 cm³/mol. The van der Waals surface area contributed by atoms with Crippen molar-refractivity contribution in [1.82, 2.24) is 34.6 Å². The zero-order valence-electron chi connectivity index (χ0n) is 15.4. The van der Waals surface area contributed by atoms with Crippen molar-refractivity contribution < 1.29 is 4.52 Å². The first-order valence-corrected chi connectivity index (χ1v) is 9.25. The molecule has 9 nitrogen and oxygen atoms in total. The number of likely N-dealkylation sites (tertiary alicyclic amines) is 1. The van der Waals surface area contributed by atoms with Gasteiger partial charge in [-0.25, -0.2) is 14.3 Å². The molecule has 0 atom stereocenters. The van der Waals surface area contributed by atoms with Crippen LogP contribution in [0, 0.1) is 12.8 Å². The highest BCUT2D eigenvalue weighted by Gasteiger charge is 2.20. The normalized spacial score (nSPS) is 16.0. The first kappa shape index (κ1) is 17.6. The monoisotopic (exact) mass is 369 g/mol. The Bertz CT molecular complexity index is 923. The fourth-order valence-electron chi connectivity index (χ4n) is 3.46. The maximum absolute atomic E-state index is 12.2. The SMILES string of the molecule is Cc1cc(CCN2CCC(Cn3nc(-n4cncn4)ccc3=O)CC2)on1. The second-order valence-corrected chi connectivity index (χ2v) is 7.02. The molecule has 0 saturated carbocycles. The molecular formula is C18H23N7O2. The molecule has 0 bridgehead atoms. The van der Waals surface area contributed by atoms with Gasteiger partial charge in [0.15, 0.2) is 5.82 Å². The quantitative estimate of drug-likeness (QED) is 0.641. The smallest absolute Gasteiger partial charge is 0.266 e. The summed E-state index contributed by atoms with van der Waals surface area (Å²) in [6.07, 6.45) is 6.01. The molecule has 3 aromatic rings. The maximum Gasteiger partial charge on any atom is 0.266 e. The number of nitrogens with zero attached hydrogens (tertiary/aromatic N) is 7. The predicted octanol–water partition coefficient (Wildman–Crippen LogP) is 1.08. The summed E-state index contributed by atoms with van der Waals surface area (Å²) in [5.41, 5.74) is 0.844. The second-order valence-electron chi connectivity index (χ2n) is 7.02. The molecule has 27 heavy (non-hydrogen) atoms. The van der Waals surface area contributed by atoms with Crippen molar-refractivity contribution in [3.63, 3.8) is 0 Å². The molecule has 4 rings (SSSR count). The van der Waals surface area contributed by atoms with Gasteiger partial charge in [0.05, 0.1) is 5.69 Å². The van der Waals surface area contributed by atoms with Crippen LogP contribution >= 0.6 is 0 Å². The standard InChI is InChI=1S/C18H23N7O2/c1-14-10-16(27-22-14)6-9-23-7-4-15(5-8-23)11-24-18(26)3-2-17(21-24)25-13-19-12-20-25/h2-3,10,12-13,15H,4-9,11H2,1H3. The summed E-state index contributed by atoms with van der Waals surface area (Å²) in [4.78, 5) is 18.5. The van der Waals surface area contributed by atoms with Crippen LogP contribution in [0.25, 0.3) is 5.82 Å². The minimum absolute atomic E-state index is 0.0815. The van der Waals surface area contributed by atoms with Crippen LogP contribution in [0.1, 0.15) is 24.3 Å². The minimum Gasteiger partial charge on any atom is -0.361 e. The van der Waals surface area contributed by atoms with Crippen LogP contribution in [0.15, 0.2) is 40.2 Å². The average molecular weight is 369 g/mol. The number of hydrogen-bond acceptors (Lipinski definition) is 7. The third-order valence-electron chi connectivity index (χ3n) is 5.00. The number of hydrogen-bond donors (Lipinski definition) is 0. The van der Waals surface area contributed by atoms with Crippen molar-refractivity contribution in [3.05, 3.63) is 52.7 Å². The first-order chi connectivity index (χ1) is 13.2. The van der Waals surface area contributed by atoms with Gasteiger partial charge in [-0.05, 0) is 44.8 Å². The van der Waals surface area contributed by atoms with Crippen LogP contribution in [-0.4, -0.2) is 54.2 Å². The van der Waals surface area contributed by atoms with Crippen LogP contribution in [0.3, 0.4) is 0 Å². The van der Waals surface area contributed by atoms with Crippen LogP contribution in [-0.2, 0) is 13.0 Å². The molecule has 0 radical (unpaired) electrons. The van der Waals surface area contributed by atoms with E-state index < -0.39 is 0 Å². The zero-order valence-corrected chi connectivity index (χ0v) is 15.4. The highest BCUT2D eigenvalue weighted by atomic mass is 16.5. The Kier molecular flexibility index (Phi) is 5.10. The van der Waals surface area contributed by atoms with Crippen LogP contribution in [0.2, 0.25) is 0 Å². The topological polar surface area (TPSA) is 94.9 Å². The highest BCUT2D eigenvalue weighted by molar-refractivity contribution is 5.16. The molecule has 4 heterocycles. The largest absolute Gasteiger partial charge is 0.361 e. The molecule has 0 aliphatic carbocycles. The summed E-state index contributed by atoms with van der Waals surface area (Å²) < 4.78 is 8.39. The van der Waals surface area contributed by atoms with Crippen LogP contribution in [0.4, 0.5) is 0 Å². The molecule has 1 aliphatic rings. The van der Waals surface area contributed by atoms with Crippen molar-refractivity contribution in [2.45, 2.75) is 32.7 Å². The van der Waals surface area contributed by atoms with Crippen molar-refractivity contribution in [2.24, 2.45) is 5.92 Å². The lowest BCUT2D eigenvalue weighted by Crippen LogP contribution is -2.37. The summed E-state index contributed by atoms with van der Waals surface area (Å²) in [6, 6.07) is 5.20. The van der Waals surface area contributed by atoms with E-state index in [1.165, 1.54) is 6.33 Å². The third-order valence-corrected chi connectivity index (χ3v) is 5.00. The molecule has 142 valence electrons. The number of piperidine rings is 1. The van der Waals surface area contributed by atoms with E-state index in [9.17, 15) is 4.79 Å². The van der Waals surface area contributed by atoms with Gasteiger partial charge in [0.1, 0.15) is 18.4 Å². The molecule has 1 fully saturated rings. The van der Waals surface area contributed by atoms with E-state index in [1.54, 1.807) is 27.8 Å². The van der Waals surface area contributed by atoms with Crippen LogP contribution in [0.5, 0.6) is 0 Å². The van der Waals surface area contributed by atoms with Gasteiger partial charge in [0, 0.05) is 31.6 Å². The summed E-state index contributed by atoms with van der Waals surface area (Å²) in [7, 11) is 0. The van der Waals surface area contributed by atoms with Gasteiger partial charge in [-0.1, -0.05) is 5.16 Å². The Morgan fingerprint density at radius 2 is 2.11 bits per heavy atom. The lowest BCUT2D eigenvalue weighted by Gasteiger charge is -2.31. The molecule has 0 N–H and O–H groups in total. The summed E-state index contributed by atoms with van der Waals surface area (Å²) >= 11 is 0. The van der Waals surface area contributed by atoms with E-state index in [0.717, 1.165) is 50.4 Å². The molecule has 0 amide bonds. The number of aryl methyl sites for hydroxylation is 1. The Hall–Kier alpha value is -2.81. The minimum atomic E-state index is -0.0815. The highest BCUT2D eigenvalue weighted by Crippen LogP contribution is 2.19. The fourth-order valence-corrected chi connectivity index (χ4v) is 3.46. The Morgan fingerprint density at radius 1 is 1.26 bits per heavy atom. The van der Waals surface area contributed by atoms with Gasteiger partial charge in [-0.3, -0.25) is 4.79 Å². The summed E-state index contributed by atoms with van der Waals surface area (Å²) in [5.74, 6) is 1.99. The Balaban J connectivity index is 1.31. The molecular weight excluding hydrogens is 346 g/mol. The Labute approximate surface area is 156 Å². The van der Waals surface area contributed by atoms with E-state index in [-0.39, 0.29) is 5.56 Å². The summed E-state index contributed by atoms with van der Waals surface area (Å²) in [5, 5.41) is 12.4. The van der Waals surface area contributed by atoms with Gasteiger partial charge >= 0.3 is 0 Å². The van der Waals surface area contributed by atoms with Gasteiger partial charge < -0.3 is 9.42 Å². The maximum atomic E-state index is 12.2. The van der Waals surface area contributed by atoms with Crippen molar-refractivity contribution in [1.29, 1.82) is 0 Å². The van der Waals surface area contributed by atoms with E-state index in [0.29, 0.717) is 18.3 Å². The van der Waals surface area contributed by atoms with Crippen molar-refractivity contribution >= 4 is 0 Å². The molecule has 0 unspecified atom stereocenters. The lowest BCUT2D eigenvalue weighted by molar-refractivity contribution is 0.168. The van der Waals surface area contributed by atoms with Crippen LogP contribution < -0.4 is 5.56 Å². The van der Waals surface area contributed by atoms with Crippen molar-refractivity contribution in [3.8, 4) is 5.82 Å². The molecule has 0 aromatic carbocycles. The summed E-state index contributed by atoms with van der Waals surface area (Å²) in [6.45, 7) is 5.59. The van der Waals surface area contributed by atoms with Crippen molar-refractivity contribution in [2.75, 3.05) is 19.6 Å². The number of rotatable bonds is 6. The zero-order chi connectivity index (χ0) is 18.6. The first-order valence-electron chi connectivity index (χ1n) is 9.25. The third kappa shape index (κ3) is 4.30. The van der Waals surface area contributed by atoms with Gasteiger partial charge in [0.2, 0.25) is 0 Å². The second kappa shape index (κ2) is 7.83. The lowest BCUT2D eigenvalue weighted by atomic mass is 9.96. The number of aromatic nitrogens is 6. The van der Waals surface area contributed by atoms with E-state index >= 15 is 0 Å². The molecule has 1 aliphatic heterocycles. The van der Waals surface area contributed by atoms with E-state index in [4.69, 9.17) is 4.52 Å². The van der Waals surface area contributed by atoms with Gasteiger partial charge in [-0.2, -0.15) is 5.10 Å². The molecule has 9 heteroatoms. The fraction of sp³-hybridized carbons (Fsp3) is 0.500. The van der Waals surface area contributed by atoms with E-state index in [1.807, 2.05) is 13.0 Å². The average Bonchev–Trinajstić information content (AvgIpc) is 3.35. The molecule has 3 aromatic heterocycles.